The van der Waals surface area contributed by atoms with Gasteiger partial charge in [0.25, 0.3) is 5.91 Å². The third-order valence-electron chi connectivity index (χ3n) is 5.38. The van der Waals surface area contributed by atoms with Crippen molar-refractivity contribution in [3.8, 4) is 0 Å². The summed E-state index contributed by atoms with van der Waals surface area (Å²) in [5, 5.41) is 13.3. The number of para-hydroxylation sites is 1. The maximum absolute atomic E-state index is 12.8. The Morgan fingerprint density at radius 1 is 1.12 bits per heavy atom. The van der Waals surface area contributed by atoms with Gasteiger partial charge >= 0.3 is 0 Å². The molecule has 1 aliphatic heterocycles. The molecule has 2 aromatic rings. The van der Waals surface area contributed by atoms with E-state index in [4.69, 9.17) is 0 Å². The van der Waals surface area contributed by atoms with E-state index in [2.05, 4.69) is 10.3 Å². The maximum atomic E-state index is 12.8. The predicted octanol–water partition coefficient (Wildman–Crippen LogP) is 3.15. The summed E-state index contributed by atoms with van der Waals surface area (Å²) >= 11 is 0. The van der Waals surface area contributed by atoms with E-state index in [1.165, 1.54) is 0 Å². The molecule has 0 unspecified atom stereocenters. The number of pyridine rings is 1. The molecule has 2 N–H and O–H groups in total. The molecule has 1 saturated carbocycles. The van der Waals surface area contributed by atoms with E-state index in [1.807, 2.05) is 42.3 Å². The van der Waals surface area contributed by atoms with Crippen LogP contribution in [-0.2, 0) is 0 Å². The lowest BCUT2D eigenvalue weighted by atomic mass is 9.93. The Kier molecular flexibility index (Phi) is 4.28. The van der Waals surface area contributed by atoms with Crippen molar-refractivity contribution in [2.24, 2.45) is 0 Å². The first-order valence-electron chi connectivity index (χ1n) is 9.10. The summed E-state index contributed by atoms with van der Waals surface area (Å²) in [6, 6.07) is 9.86. The molecule has 6 nitrogen and oxygen atoms in total. The van der Waals surface area contributed by atoms with Crippen LogP contribution in [0, 0.1) is 0 Å². The molecule has 0 radical (unpaired) electrons. The molecule has 2 atom stereocenters. The van der Waals surface area contributed by atoms with Gasteiger partial charge in [-0.2, -0.15) is 0 Å². The van der Waals surface area contributed by atoms with E-state index in [-0.39, 0.29) is 18.1 Å². The highest BCUT2D eigenvalue weighted by molar-refractivity contribution is 6.13. The van der Waals surface area contributed by atoms with Crippen LogP contribution in [0.2, 0.25) is 0 Å². The van der Waals surface area contributed by atoms with Crippen molar-refractivity contribution in [2.75, 3.05) is 29.2 Å². The zero-order valence-electron chi connectivity index (χ0n) is 15.1. The lowest BCUT2D eigenvalue weighted by molar-refractivity contribution is 0.0994. The van der Waals surface area contributed by atoms with Crippen LogP contribution >= 0.6 is 0 Å². The minimum atomic E-state index is -0.236. The fourth-order valence-corrected chi connectivity index (χ4v) is 3.91. The molecule has 4 rings (SSSR count). The number of anilines is 4. The quantitative estimate of drug-likeness (QED) is 0.869. The van der Waals surface area contributed by atoms with Gasteiger partial charge in [-0.3, -0.25) is 4.79 Å². The highest BCUT2D eigenvalue weighted by Gasteiger charge is 2.28. The number of carbonyl (C=O) groups is 1. The molecule has 2 aliphatic rings. The molecule has 1 aromatic carbocycles. The molecule has 1 amide bonds. The zero-order chi connectivity index (χ0) is 18.3. The first-order valence-corrected chi connectivity index (χ1v) is 9.10. The topological polar surface area (TPSA) is 68.7 Å². The molecule has 0 saturated heterocycles. The van der Waals surface area contributed by atoms with Gasteiger partial charge in [-0.05, 0) is 37.8 Å². The largest absolute Gasteiger partial charge is 0.393 e. The van der Waals surface area contributed by atoms with E-state index >= 15 is 0 Å². The predicted molar refractivity (Wildman–Crippen MR) is 103 cm³/mol. The van der Waals surface area contributed by atoms with Crippen LogP contribution in [-0.4, -0.2) is 42.2 Å². The number of hydrogen-bond acceptors (Lipinski definition) is 5. The van der Waals surface area contributed by atoms with Crippen molar-refractivity contribution in [3.63, 3.8) is 0 Å². The Labute approximate surface area is 153 Å². The molecule has 0 spiro atoms. The average Bonchev–Trinajstić information content (AvgIpc) is 2.73. The van der Waals surface area contributed by atoms with Gasteiger partial charge < -0.3 is 20.2 Å². The van der Waals surface area contributed by atoms with Crippen LogP contribution in [0.1, 0.15) is 36.0 Å². The average molecular weight is 352 g/mol. The van der Waals surface area contributed by atoms with Crippen molar-refractivity contribution in [1.29, 1.82) is 0 Å². The van der Waals surface area contributed by atoms with Crippen molar-refractivity contribution < 1.29 is 9.90 Å². The Balaban J connectivity index is 1.70. The van der Waals surface area contributed by atoms with Crippen LogP contribution in [0.3, 0.4) is 0 Å². The Hall–Kier alpha value is -2.60. The van der Waals surface area contributed by atoms with E-state index in [0.717, 1.165) is 48.6 Å². The van der Waals surface area contributed by atoms with Gasteiger partial charge in [0, 0.05) is 26.2 Å². The normalized spacial score (nSPS) is 22.5. The van der Waals surface area contributed by atoms with Crippen molar-refractivity contribution in [3.05, 3.63) is 42.1 Å². The second kappa shape index (κ2) is 6.61. The Bertz CT molecular complexity index is 838. The van der Waals surface area contributed by atoms with E-state index in [9.17, 15) is 9.90 Å². The van der Waals surface area contributed by atoms with E-state index in [0.29, 0.717) is 5.56 Å². The van der Waals surface area contributed by atoms with Gasteiger partial charge in [-0.25, -0.2) is 4.98 Å². The Morgan fingerprint density at radius 2 is 1.92 bits per heavy atom. The lowest BCUT2D eigenvalue weighted by Crippen LogP contribution is -2.30. The van der Waals surface area contributed by atoms with Crippen molar-refractivity contribution >= 4 is 28.8 Å². The number of rotatable bonds is 2. The number of fused-ring (bicyclic) bond motifs is 2. The summed E-state index contributed by atoms with van der Waals surface area (Å²) in [5.74, 6) is 0.735. The number of amides is 1. The minimum absolute atomic E-state index is 0.0379. The summed E-state index contributed by atoms with van der Waals surface area (Å²) in [5.41, 5.74) is 3.27. The van der Waals surface area contributed by atoms with Gasteiger partial charge in [0.2, 0.25) is 0 Å². The van der Waals surface area contributed by atoms with Gasteiger partial charge in [0.15, 0.2) is 0 Å². The SMILES string of the molecule is CN1C(=O)c2ccccc2N(C)c2cc(N[C@@H]3CCC[C@H](O)C3)ncc21. The third-order valence-corrected chi connectivity index (χ3v) is 5.38. The smallest absolute Gasteiger partial charge is 0.260 e. The molecule has 2 heterocycles. The van der Waals surface area contributed by atoms with Crippen LogP contribution in [0.5, 0.6) is 0 Å². The summed E-state index contributed by atoms with van der Waals surface area (Å²) in [6.07, 6.45) is 5.19. The number of carbonyl (C=O) groups excluding carboxylic acids is 1. The lowest BCUT2D eigenvalue weighted by Gasteiger charge is -2.28. The van der Waals surface area contributed by atoms with Gasteiger partial charge in [0.05, 0.1) is 34.9 Å². The summed E-state index contributed by atoms with van der Waals surface area (Å²) in [4.78, 5) is 21.0. The van der Waals surface area contributed by atoms with Crippen LogP contribution in [0.15, 0.2) is 36.5 Å². The number of nitrogens with one attached hydrogen (secondary N) is 1. The second-order valence-corrected chi connectivity index (χ2v) is 7.16. The number of aliphatic hydroxyl groups is 1. The highest BCUT2D eigenvalue weighted by atomic mass is 16.3. The molecule has 26 heavy (non-hydrogen) atoms. The van der Waals surface area contributed by atoms with Crippen LogP contribution in [0.4, 0.5) is 22.9 Å². The van der Waals surface area contributed by atoms with Crippen LogP contribution in [0.25, 0.3) is 0 Å². The van der Waals surface area contributed by atoms with Gasteiger partial charge in [-0.1, -0.05) is 12.1 Å². The summed E-state index contributed by atoms with van der Waals surface area (Å²) < 4.78 is 0. The Morgan fingerprint density at radius 3 is 2.73 bits per heavy atom. The fraction of sp³-hybridized carbons (Fsp3) is 0.400. The van der Waals surface area contributed by atoms with Crippen molar-refractivity contribution in [2.45, 2.75) is 37.8 Å². The number of aliphatic hydroxyl groups excluding tert-OH is 1. The second-order valence-electron chi connectivity index (χ2n) is 7.16. The van der Waals surface area contributed by atoms with E-state index < -0.39 is 0 Å². The standard InChI is InChI=1S/C20H24N4O2/c1-23-16-9-4-3-8-15(16)20(26)24(2)18-12-21-19(11-17(18)23)22-13-6-5-7-14(25)10-13/h3-4,8-9,11-14,25H,5-7,10H2,1-2H3,(H,21,22)/t13-,14+/m1/s1. The number of nitrogens with zero attached hydrogens (tertiary/aromatic N) is 3. The minimum Gasteiger partial charge on any atom is -0.393 e. The summed E-state index contributed by atoms with van der Waals surface area (Å²) in [6.45, 7) is 0. The molecule has 6 heteroatoms. The fourth-order valence-electron chi connectivity index (χ4n) is 3.91. The van der Waals surface area contributed by atoms with E-state index in [1.54, 1.807) is 18.1 Å². The molecule has 0 bridgehead atoms. The molecular formula is C20H24N4O2. The first kappa shape index (κ1) is 16.8. The number of aromatic nitrogens is 1. The van der Waals surface area contributed by atoms with Gasteiger partial charge in [0.1, 0.15) is 5.82 Å². The van der Waals surface area contributed by atoms with Crippen molar-refractivity contribution in [1.82, 2.24) is 4.98 Å². The first-order chi connectivity index (χ1) is 12.5. The number of benzene rings is 1. The maximum Gasteiger partial charge on any atom is 0.260 e. The van der Waals surface area contributed by atoms with Gasteiger partial charge in [-0.15, -0.1) is 0 Å². The number of hydrogen-bond donors (Lipinski definition) is 2. The highest BCUT2D eigenvalue weighted by Crippen LogP contribution is 2.39. The zero-order valence-corrected chi connectivity index (χ0v) is 15.1. The molecule has 136 valence electrons. The van der Waals surface area contributed by atoms with Crippen LogP contribution < -0.4 is 15.1 Å². The molecule has 1 fully saturated rings. The molecular weight excluding hydrogens is 328 g/mol. The summed E-state index contributed by atoms with van der Waals surface area (Å²) in [7, 11) is 3.75. The molecule has 1 aliphatic carbocycles. The monoisotopic (exact) mass is 352 g/mol. The third kappa shape index (κ3) is 2.90. The molecule has 1 aromatic heterocycles.